The molecule has 4 nitrogen and oxygen atoms in total. The molecule has 1 aliphatic carbocycles. The number of amides is 1. The largest absolute Gasteiger partial charge is 0.331 e. The van der Waals surface area contributed by atoms with Gasteiger partial charge in [-0.15, -0.1) is 0 Å². The maximum Gasteiger partial charge on any atom is 0.254 e. The number of carbonyl (C=O) groups is 1. The lowest BCUT2D eigenvalue weighted by Gasteiger charge is -2.23. The van der Waals surface area contributed by atoms with Crippen molar-refractivity contribution in [2.24, 2.45) is 0 Å². The molecule has 0 N–H and O–H groups in total. The van der Waals surface area contributed by atoms with E-state index in [0.717, 1.165) is 29.8 Å². The molecule has 1 fully saturated rings. The number of benzene rings is 2. The first-order chi connectivity index (χ1) is 12.2. The summed E-state index contributed by atoms with van der Waals surface area (Å²) in [5.74, 6) is 0.107. The molecule has 0 radical (unpaired) electrons. The van der Waals surface area contributed by atoms with Gasteiger partial charge in [-0.2, -0.15) is 5.10 Å². The molecule has 4 rings (SSSR count). The summed E-state index contributed by atoms with van der Waals surface area (Å²) in [4.78, 5) is 15.0. The Labute approximate surface area is 147 Å². The van der Waals surface area contributed by atoms with Crippen LogP contribution in [0.4, 0.5) is 0 Å². The Morgan fingerprint density at radius 2 is 1.80 bits per heavy atom. The minimum Gasteiger partial charge on any atom is -0.331 e. The van der Waals surface area contributed by atoms with Crippen LogP contribution in [0, 0.1) is 6.92 Å². The van der Waals surface area contributed by atoms with Crippen LogP contribution in [0.2, 0.25) is 0 Å². The molecule has 0 spiro atoms. The molecule has 25 heavy (non-hydrogen) atoms. The molecule has 0 aliphatic heterocycles. The van der Waals surface area contributed by atoms with Crippen molar-refractivity contribution in [3.05, 3.63) is 83.7 Å². The third-order valence-electron chi connectivity index (χ3n) is 4.64. The summed E-state index contributed by atoms with van der Waals surface area (Å²) < 4.78 is 1.87. The van der Waals surface area contributed by atoms with Crippen LogP contribution in [0.25, 0.3) is 5.69 Å². The van der Waals surface area contributed by atoms with E-state index in [2.05, 4.69) is 17.2 Å². The molecule has 0 unspecified atom stereocenters. The van der Waals surface area contributed by atoms with Crippen molar-refractivity contribution in [1.82, 2.24) is 14.7 Å². The molecule has 1 heterocycles. The Morgan fingerprint density at radius 3 is 2.40 bits per heavy atom. The van der Waals surface area contributed by atoms with E-state index in [1.807, 2.05) is 65.0 Å². The van der Waals surface area contributed by atoms with E-state index < -0.39 is 0 Å². The summed E-state index contributed by atoms with van der Waals surface area (Å²) in [5, 5.41) is 4.31. The highest BCUT2D eigenvalue weighted by molar-refractivity contribution is 5.94. The maximum atomic E-state index is 13.0. The first-order valence-electron chi connectivity index (χ1n) is 8.68. The van der Waals surface area contributed by atoms with Crippen molar-refractivity contribution in [3.8, 4) is 5.69 Å². The second-order valence-electron chi connectivity index (χ2n) is 6.58. The van der Waals surface area contributed by atoms with Gasteiger partial charge in [0, 0.05) is 30.0 Å². The van der Waals surface area contributed by atoms with E-state index >= 15 is 0 Å². The van der Waals surface area contributed by atoms with Crippen LogP contribution in [0.3, 0.4) is 0 Å². The van der Waals surface area contributed by atoms with E-state index in [0.29, 0.717) is 12.6 Å². The standard InChI is InChI=1S/C21H21N3O/c1-16-13-14-22-24(16)20-9-7-18(8-10-20)21(25)23(19-11-12-19)15-17-5-3-2-4-6-17/h2-10,13-14,19H,11-12,15H2,1H3. The molecule has 126 valence electrons. The summed E-state index contributed by atoms with van der Waals surface area (Å²) in [6.45, 7) is 2.69. The summed E-state index contributed by atoms with van der Waals surface area (Å²) in [6, 6.07) is 20.3. The van der Waals surface area contributed by atoms with Gasteiger partial charge in [0.1, 0.15) is 0 Å². The van der Waals surface area contributed by atoms with Crippen molar-refractivity contribution in [2.75, 3.05) is 0 Å². The Balaban J connectivity index is 1.55. The van der Waals surface area contributed by atoms with E-state index in [9.17, 15) is 4.79 Å². The predicted molar refractivity (Wildman–Crippen MR) is 97.6 cm³/mol. The van der Waals surface area contributed by atoms with Gasteiger partial charge < -0.3 is 4.90 Å². The second kappa shape index (κ2) is 6.55. The molecule has 1 amide bonds. The van der Waals surface area contributed by atoms with Gasteiger partial charge in [0.2, 0.25) is 0 Å². The molecule has 1 aromatic heterocycles. The lowest BCUT2D eigenvalue weighted by molar-refractivity contribution is 0.0730. The molecular formula is C21H21N3O. The highest BCUT2D eigenvalue weighted by Crippen LogP contribution is 2.30. The van der Waals surface area contributed by atoms with Crippen LogP contribution in [0.5, 0.6) is 0 Å². The smallest absolute Gasteiger partial charge is 0.254 e. The Kier molecular flexibility index (Phi) is 4.10. The zero-order valence-corrected chi connectivity index (χ0v) is 14.3. The average molecular weight is 331 g/mol. The zero-order valence-electron chi connectivity index (χ0n) is 14.3. The number of nitrogens with zero attached hydrogens (tertiary/aromatic N) is 3. The molecule has 3 aromatic rings. The summed E-state index contributed by atoms with van der Waals surface area (Å²) >= 11 is 0. The first kappa shape index (κ1) is 15.6. The van der Waals surface area contributed by atoms with Crippen molar-refractivity contribution in [1.29, 1.82) is 0 Å². The molecule has 0 saturated heterocycles. The van der Waals surface area contributed by atoms with Crippen LogP contribution < -0.4 is 0 Å². The highest BCUT2D eigenvalue weighted by Gasteiger charge is 2.33. The summed E-state index contributed by atoms with van der Waals surface area (Å²) in [5.41, 5.74) is 3.95. The van der Waals surface area contributed by atoms with Crippen LogP contribution in [-0.4, -0.2) is 26.6 Å². The fourth-order valence-corrected chi connectivity index (χ4v) is 3.08. The number of aromatic nitrogens is 2. The van der Waals surface area contributed by atoms with Gasteiger partial charge in [-0.3, -0.25) is 4.79 Å². The zero-order chi connectivity index (χ0) is 17.2. The molecule has 0 bridgehead atoms. The van der Waals surface area contributed by atoms with Crippen molar-refractivity contribution >= 4 is 5.91 Å². The molecular weight excluding hydrogens is 310 g/mol. The van der Waals surface area contributed by atoms with E-state index in [1.165, 1.54) is 5.56 Å². The molecule has 4 heteroatoms. The van der Waals surface area contributed by atoms with E-state index in [4.69, 9.17) is 0 Å². The van der Waals surface area contributed by atoms with Crippen LogP contribution >= 0.6 is 0 Å². The minimum atomic E-state index is 0.107. The van der Waals surface area contributed by atoms with E-state index in [-0.39, 0.29) is 5.91 Å². The van der Waals surface area contributed by atoms with Gasteiger partial charge in [0.15, 0.2) is 0 Å². The van der Waals surface area contributed by atoms with Gasteiger partial charge >= 0.3 is 0 Å². The number of rotatable bonds is 5. The predicted octanol–water partition coefficient (Wildman–Crippen LogP) is 3.99. The van der Waals surface area contributed by atoms with Gasteiger partial charge in [0.25, 0.3) is 5.91 Å². The molecule has 0 atom stereocenters. The Bertz CT molecular complexity index is 864. The number of hydrogen-bond donors (Lipinski definition) is 0. The topological polar surface area (TPSA) is 38.1 Å². The average Bonchev–Trinajstić information content (AvgIpc) is 3.41. The lowest BCUT2D eigenvalue weighted by atomic mass is 10.1. The number of aryl methyl sites for hydroxylation is 1. The number of hydrogen-bond acceptors (Lipinski definition) is 2. The second-order valence-corrected chi connectivity index (χ2v) is 6.58. The van der Waals surface area contributed by atoms with Crippen molar-refractivity contribution < 1.29 is 4.79 Å². The fourth-order valence-electron chi connectivity index (χ4n) is 3.08. The molecule has 1 aliphatic rings. The quantitative estimate of drug-likeness (QED) is 0.709. The summed E-state index contributed by atoms with van der Waals surface area (Å²) in [6.07, 6.45) is 3.98. The van der Waals surface area contributed by atoms with Crippen LogP contribution in [0.15, 0.2) is 66.9 Å². The van der Waals surface area contributed by atoms with Gasteiger partial charge in [-0.25, -0.2) is 4.68 Å². The van der Waals surface area contributed by atoms with Gasteiger partial charge in [0.05, 0.1) is 5.69 Å². The maximum absolute atomic E-state index is 13.0. The number of carbonyl (C=O) groups excluding carboxylic acids is 1. The van der Waals surface area contributed by atoms with Crippen molar-refractivity contribution in [3.63, 3.8) is 0 Å². The van der Waals surface area contributed by atoms with Crippen molar-refractivity contribution in [2.45, 2.75) is 32.4 Å². The van der Waals surface area contributed by atoms with Crippen LogP contribution in [-0.2, 0) is 6.54 Å². The Hall–Kier alpha value is -2.88. The fraction of sp³-hybridized carbons (Fsp3) is 0.238. The first-order valence-corrected chi connectivity index (χ1v) is 8.68. The highest BCUT2D eigenvalue weighted by atomic mass is 16.2. The summed E-state index contributed by atoms with van der Waals surface area (Å²) in [7, 11) is 0. The van der Waals surface area contributed by atoms with Gasteiger partial charge in [-0.1, -0.05) is 30.3 Å². The minimum absolute atomic E-state index is 0.107. The molecule has 1 saturated carbocycles. The normalized spacial score (nSPS) is 13.6. The monoisotopic (exact) mass is 331 g/mol. The Morgan fingerprint density at radius 1 is 1.08 bits per heavy atom. The van der Waals surface area contributed by atoms with Crippen LogP contribution in [0.1, 0.15) is 34.5 Å². The molecule has 2 aromatic carbocycles. The SMILES string of the molecule is Cc1ccnn1-c1ccc(C(=O)N(Cc2ccccc2)C2CC2)cc1. The van der Waals surface area contributed by atoms with Gasteiger partial charge in [-0.05, 0) is 55.7 Å². The lowest BCUT2D eigenvalue weighted by Crippen LogP contribution is -2.32. The third kappa shape index (κ3) is 3.33. The van der Waals surface area contributed by atoms with E-state index in [1.54, 1.807) is 6.20 Å². The third-order valence-corrected chi connectivity index (χ3v) is 4.64.